The van der Waals surface area contributed by atoms with Crippen LogP contribution in [0.2, 0.25) is 10.0 Å². The van der Waals surface area contributed by atoms with Gasteiger partial charge in [-0.3, -0.25) is 4.72 Å². The molecular formula is C12H11Cl2N3O2S2. The minimum atomic E-state index is -3.75. The Hall–Kier alpha value is -0.860. The molecule has 0 bridgehead atoms. The van der Waals surface area contributed by atoms with E-state index in [9.17, 15) is 8.42 Å². The third-order valence-corrected chi connectivity index (χ3v) is 5.87. The zero-order valence-electron chi connectivity index (χ0n) is 10.7. The van der Waals surface area contributed by atoms with Crippen LogP contribution in [0.15, 0.2) is 23.1 Å². The molecule has 2 heterocycles. The maximum Gasteiger partial charge on any atom is 0.263 e. The van der Waals surface area contributed by atoms with Gasteiger partial charge in [0, 0.05) is 34.4 Å². The molecule has 1 aromatic heterocycles. The van der Waals surface area contributed by atoms with E-state index in [0.29, 0.717) is 5.13 Å². The van der Waals surface area contributed by atoms with Crippen LogP contribution in [-0.2, 0) is 23.0 Å². The molecule has 112 valence electrons. The van der Waals surface area contributed by atoms with Crippen molar-refractivity contribution in [3.63, 3.8) is 0 Å². The number of hydrogen-bond donors (Lipinski definition) is 2. The zero-order chi connectivity index (χ0) is 15.0. The number of nitrogens with zero attached hydrogens (tertiary/aromatic N) is 1. The van der Waals surface area contributed by atoms with Crippen LogP contribution in [-0.4, -0.2) is 19.9 Å². The molecule has 0 unspecified atom stereocenters. The molecule has 5 nitrogen and oxygen atoms in total. The van der Waals surface area contributed by atoms with Crippen LogP contribution >= 0.6 is 34.5 Å². The van der Waals surface area contributed by atoms with Crippen molar-refractivity contribution >= 4 is 49.7 Å². The van der Waals surface area contributed by atoms with Crippen LogP contribution in [0, 0.1) is 0 Å². The van der Waals surface area contributed by atoms with Gasteiger partial charge in [0.25, 0.3) is 10.0 Å². The highest BCUT2D eigenvalue weighted by Crippen LogP contribution is 2.28. The first kappa shape index (κ1) is 15.1. The summed E-state index contributed by atoms with van der Waals surface area (Å²) in [5.41, 5.74) is 0.945. The molecule has 2 N–H and O–H groups in total. The summed E-state index contributed by atoms with van der Waals surface area (Å²) in [6, 6.07) is 4.19. The van der Waals surface area contributed by atoms with Gasteiger partial charge in [-0.05, 0) is 18.2 Å². The van der Waals surface area contributed by atoms with Gasteiger partial charge in [-0.2, -0.15) is 0 Å². The number of aromatic nitrogens is 1. The Kier molecular flexibility index (Phi) is 4.11. The van der Waals surface area contributed by atoms with Gasteiger partial charge in [-0.25, -0.2) is 13.4 Å². The van der Waals surface area contributed by atoms with Gasteiger partial charge in [-0.15, -0.1) is 0 Å². The largest absolute Gasteiger partial charge is 0.311 e. The van der Waals surface area contributed by atoms with Crippen molar-refractivity contribution in [1.29, 1.82) is 0 Å². The lowest BCUT2D eigenvalue weighted by Crippen LogP contribution is -2.22. The Morgan fingerprint density at radius 2 is 1.95 bits per heavy atom. The van der Waals surface area contributed by atoms with Crippen molar-refractivity contribution in [2.24, 2.45) is 0 Å². The van der Waals surface area contributed by atoms with Crippen molar-refractivity contribution in [2.75, 3.05) is 11.3 Å². The molecule has 1 aromatic carbocycles. The van der Waals surface area contributed by atoms with Gasteiger partial charge in [0.2, 0.25) is 0 Å². The first-order valence-corrected chi connectivity index (χ1v) is 9.18. The Bertz CT molecular complexity index is 746. The van der Waals surface area contributed by atoms with Crippen molar-refractivity contribution in [1.82, 2.24) is 10.3 Å². The summed E-state index contributed by atoms with van der Waals surface area (Å²) >= 11 is 13.0. The van der Waals surface area contributed by atoms with E-state index in [1.165, 1.54) is 29.5 Å². The minimum absolute atomic E-state index is 0.0197. The second-order valence-corrected chi connectivity index (χ2v) is 8.17. The molecule has 0 fully saturated rings. The van der Waals surface area contributed by atoms with E-state index in [1.54, 1.807) is 0 Å². The van der Waals surface area contributed by atoms with Crippen molar-refractivity contribution in [3.05, 3.63) is 38.8 Å². The first-order valence-electron chi connectivity index (χ1n) is 6.12. The topological polar surface area (TPSA) is 71.1 Å². The summed E-state index contributed by atoms with van der Waals surface area (Å²) < 4.78 is 27.2. The van der Waals surface area contributed by atoms with Gasteiger partial charge < -0.3 is 5.32 Å². The zero-order valence-corrected chi connectivity index (χ0v) is 13.8. The molecule has 21 heavy (non-hydrogen) atoms. The maximum absolute atomic E-state index is 12.3. The van der Waals surface area contributed by atoms with Crippen molar-refractivity contribution < 1.29 is 8.42 Å². The normalized spacial score (nSPS) is 14.8. The van der Waals surface area contributed by atoms with Gasteiger partial charge >= 0.3 is 0 Å². The lowest BCUT2D eigenvalue weighted by Gasteiger charge is -2.09. The summed E-state index contributed by atoms with van der Waals surface area (Å²) in [6.45, 7) is 1.57. The fourth-order valence-electron chi connectivity index (χ4n) is 2.03. The molecule has 9 heteroatoms. The predicted octanol–water partition coefficient (Wildman–Crippen LogP) is 2.90. The number of rotatable bonds is 3. The molecule has 0 saturated heterocycles. The molecule has 0 atom stereocenters. The van der Waals surface area contributed by atoms with Crippen LogP contribution in [0.1, 0.15) is 10.6 Å². The average Bonchev–Trinajstić information content (AvgIpc) is 2.78. The molecule has 0 amide bonds. The first-order chi connectivity index (χ1) is 9.94. The highest BCUT2D eigenvalue weighted by molar-refractivity contribution is 7.93. The lowest BCUT2D eigenvalue weighted by molar-refractivity contribution is 0.601. The van der Waals surface area contributed by atoms with E-state index in [-0.39, 0.29) is 14.9 Å². The van der Waals surface area contributed by atoms with Gasteiger partial charge in [0.15, 0.2) is 5.13 Å². The highest BCUT2D eigenvalue weighted by atomic mass is 35.5. The van der Waals surface area contributed by atoms with E-state index >= 15 is 0 Å². The minimum Gasteiger partial charge on any atom is -0.311 e. The number of nitrogens with one attached hydrogen (secondary N) is 2. The summed E-state index contributed by atoms with van der Waals surface area (Å²) in [7, 11) is -3.75. The molecule has 1 aliphatic heterocycles. The quantitative estimate of drug-likeness (QED) is 0.879. The predicted molar refractivity (Wildman–Crippen MR) is 84.8 cm³/mol. The van der Waals surface area contributed by atoms with E-state index in [2.05, 4.69) is 15.0 Å². The molecule has 0 spiro atoms. The second-order valence-electron chi connectivity index (χ2n) is 4.53. The highest BCUT2D eigenvalue weighted by Gasteiger charge is 2.20. The molecule has 0 radical (unpaired) electrons. The maximum atomic E-state index is 12.3. The summed E-state index contributed by atoms with van der Waals surface area (Å²) in [5, 5.41) is 4.12. The van der Waals surface area contributed by atoms with E-state index in [1.807, 2.05) is 0 Å². The number of halogens is 2. The third kappa shape index (κ3) is 3.32. The van der Waals surface area contributed by atoms with Gasteiger partial charge in [0.05, 0.1) is 10.6 Å². The third-order valence-electron chi connectivity index (χ3n) is 2.97. The molecule has 1 aliphatic rings. The Balaban J connectivity index is 1.90. The number of anilines is 1. The van der Waals surface area contributed by atoms with Gasteiger partial charge in [-0.1, -0.05) is 34.5 Å². The van der Waals surface area contributed by atoms with Gasteiger partial charge in [0.1, 0.15) is 0 Å². The Labute approximate surface area is 136 Å². The molecular weight excluding hydrogens is 353 g/mol. The van der Waals surface area contributed by atoms with E-state index in [0.717, 1.165) is 30.1 Å². The van der Waals surface area contributed by atoms with Crippen LogP contribution in [0.25, 0.3) is 0 Å². The number of benzene rings is 1. The summed E-state index contributed by atoms with van der Waals surface area (Å²) in [4.78, 5) is 5.41. The average molecular weight is 364 g/mol. The Morgan fingerprint density at radius 3 is 2.62 bits per heavy atom. The van der Waals surface area contributed by atoms with Crippen LogP contribution in [0.3, 0.4) is 0 Å². The second kappa shape index (κ2) is 5.73. The van der Waals surface area contributed by atoms with Crippen LogP contribution < -0.4 is 10.0 Å². The van der Waals surface area contributed by atoms with Crippen molar-refractivity contribution in [3.8, 4) is 0 Å². The van der Waals surface area contributed by atoms with E-state index < -0.39 is 10.0 Å². The smallest absolute Gasteiger partial charge is 0.263 e. The monoisotopic (exact) mass is 363 g/mol. The number of fused-ring (bicyclic) bond motifs is 1. The number of thiazole rings is 1. The lowest BCUT2D eigenvalue weighted by atomic mass is 10.2. The summed E-state index contributed by atoms with van der Waals surface area (Å²) in [6.07, 6.45) is 0.802. The number of sulfonamides is 1. The SMILES string of the molecule is O=S(=O)(Nc1nc2c(s1)CNCC2)c1cc(Cl)cc(Cl)c1. The number of hydrogen-bond acceptors (Lipinski definition) is 5. The fourth-order valence-corrected chi connectivity index (χ4v) is 4.96. The molecule has 3 rings (SSSR count). The Morgan fingerprint density at radius 1 is 1.24 bits per heavy atom. The van der Waals surface area contributed by atoms with E-state index in [4.69, 9.17) is 23.2 Å². The van der Waals surface area contributed by atoms with Crippen LogP contribution in [0.4, 0.5) is 5.13 Å². The standard InChI is InChI=1S/C12H11Cl2N3O2S2/c13-7-3-8(14)5-9(4-7)21(18,19)17-12-16-10-1-2-15-6-11(10)20-12/h3-5,15H,1-2,6H2,(H,16,17). The van der Waals surface area contributed by atoms with Crippen LogP contribution in [0.5, 0.6) is 0 Å². The fraction of sp³-hybridized carbons (Fsp3) is 0.250. The molecule has 0 aliphatic carbocycles. The molecule has 2 aromatic rings. The van der Waals surface area contributed by atoms with Crippen molar-refractivity contribution in [2.45, 2.75) is 17.9 Å². The molecule has 0 saturated carbocycles. The summed E-state index contributed by atoms with van der Waals surface area (Å²) in [5.74, 6) is 0.